The molecule has 0 saturated heterocycles. The molecule has 1 aliphatic rings. The van der Waals surface area contributed by atoms with Gasteiger partial charge >= 0.3 is 6.18 Å². The van der Waals surface area contributed by atoms with Gasteiger partial charge < -0.3 is 9.74 Å². The molecule has 0 spiro atoms. The van der Waals surface area contributed by atoms with Gasteiger partial charge in [0.2, 0.25) is 0 Å². The molecular weight excluding hydrogens is 401 g/mol. The quantitative estimate of drug-likeness (QED) is 0.483. The molecule has 1 saturated carbocycles. The minimum Gasteiger partial charge on any atom is -0.398 e. The Bertz CT molecular complexity index is 806. The summed E-state index contributed by atoms with van der Waals surface area (Å²) >= 11 is 1.30. The standard InChI is InChI=1S/C20H25F3N4OS/c1-15(7-10-29-11-8-20(21,22)23)26(14-16-5-6-16)19-12-18(25-27(19)28-2)17-4-3-9-24-13-17/h3-4,9,12-13,16H,1,5-8,10-11,14H2,2H3. The fraction of sp³-hybridized carbons (Fsp3) is 0.500. The Hall–Kier alpha value is -2.16. The second kappa shape index (κ2) is 9.56. The number of halogens is 3. The molecule has 1 fully saturated rings. The van der Waals surface area contributed by atoms with Crippen molar-refractivity contribution >= 4 is 17.6 Å². The van der Waals surface area contributed by atoms with Crippen LogP contribution in [0.15, 0.2) is 42.9 Å². The van der Waals surface area contributed by atoms with Crippen molar-refractivity contribution in [2.45, 2.75) is 31.9 Å². The van der Waals surface area contributed by atoms with E-state index in [-0.39, 0.29) is 5.75 Å². The van der Waals surface area contributed by atoms with Gasteiger partial charge in [-0.15, -0.1) is 5.10 Å². The van der Waals surface area contributed by atoms with Crippen LogP contribution < -0.4 is 9.74 Å². The normalized spacial score (nSPS) is 14.1. The van der Waals surface area contributed by atoms with E-state index in [2.05, 4.69) is 21.6 Å². The number of nitrogens with zero attached hydrogens (tertiary/aromatic N) is 4. The summed E-state index contributed by atoms with van der Waals surface area (Å²) in [6.45, 7) is 5.00. The lowest BCUT2D eigenvalue weighted by Gasteiger charge is -2.26. The van der Waals surface area contributed by atoms with E-state index < -0.39 is 12.6 Å². The van der Waals surface area contributed by atoms with Gasteiger partial charge in [-0.2, -0.15) is 24.9 Å². The van der Waals surface area contributed by atoms with Crippen LogP contribution in [0.5, 0.6) is 0 Å². The Morgan fingerprint density at radius 3 is 2.79 bits per heavy atom. The molecule has 0 aliphatic heterocycles. The van der Waals surface area contributed by atoms with Gasteiger partial charge in [0.25, 0.3) is 0 Å². The van der Waals surface area contributed by atoms with Crippen molar-refractivity contribution < 1.29 is 18.0 Å². The zero-order valence-electron chi connectivity index (χ0n) is 16.4. The Balaban J connectivity index is 1.69. The summed E-state index contributed by atoms with van der Waals surface area (Å²) in [5.41, 5.74) is 2.47. The molecule has 158 valence electrons. The van der Waals surface area contributed by atoms with Gasteiger partial charge in [-0.25, -0.2) is 0 Å². The summed E-state index contributed by atoms with van der Waals surface area (Å²) in [5, 5.41) is 4.51. The van der Waals surface area contributed by atoms with E-state index in [1.807, 2.05) is 18.2 Å². The van der Waals surface area contributed by atoms with Crippen molar-refractivity contribution in [1.29, 1.82) is 0 Å². The minimum absolute atomic E-state index is 0.0700. The molecule has 5 nitrogen and oxygen atoms in total. The maximum absolute atomic E-state index is 12.3. The minimum atomic E-state index is -4.10. The van der Waals surface area contributed by atoms with Crippen LogP contribution in [0.1, 0.15) is 25.7 Å². The summed E-state index contributed by atoms with van der Waals surface area (Å²) in [6, 6.07) is 5.71. The van der Waals surface area contributed by atoms with Crippen LogP contribution in [0.25, 0.3) is 11.3 Å². The summed E-state index contributed by atoms with van der Waals surface area (Å²) in [7, 11) is 1.55. The molecule has 0 radical (unpaired) electrons. The van der Waals surface area contributed by atoms with Crippen LogP contribution in [0.3, 0.4) is 0 Å². The fourth-order valence-electron chi connectivity index (χ4n) is 2.88. The molecular formula is C20H25F3N4OS. The van der Waals surface area contributed by atoms with Gasteiger partial charge in [-0.1, -0.05) is 11.4 Å². The van der Waals surface area contributed by atoms with E-state index in [1.54, 1.807) is 19.5 Å². The Morgan fingerprint density at radius 2 is 2.17 bits per heavy atom. The molecule has 1 aliphatic carbocycles. The second-order valence-corrected chi connectivity index (χ2v) is 8.26. The second-order valence-electron chi connectivity index (χ2n) is 7.03. The molecule has 3 rings (SSSR count). The number of alkyl halides is 3. The monoisotopic (exact) mass is 426 g/mol. The first-order valence-corrected chi connectivity index (χ1v) is 10.7. The third-order valence-electron chi connectivity index (χ3n) is 4.65. The van der Waals surface area contributed by atoms with E-state index in [4.69, 9.17) is 4.84 Å². The molecule has 0 N–H and O–H groups in total. The van der Waals surface area contributed by atoms with Gasteiger partial charge in [0.05, 0.1) is 12.1 Å². The summed E-state index contributed by atoms with van der Waals surface area (Å²) in [5.74, 6) is 2.02. The first kappa shape index (κ1) is 21.5. The van der Waals surface area contributed by atoms with Gasteiger partial charge in [0, 0.05) is 42.0 Å². The lowest BCUT2D eigenvalue weighted by Crippen LogP contribution is -2.28. The number of hydrogen-bond donors (Lipinski definition) is 0. The lowest BCUT2D eigenvalue weighted by atomic mass is 10.2. The molecule has 0 unspecified atom stereocenters. The molecule has 0 amide bonds. The smallest absolute Gasteiger partial charge is 0.389 e. The van der Waals surface area contributed by atoms with Gasteiger partial charge in [-0.3, -0.25) is 4.98 Å². The molecule has 0 aromatic carbocycles. The molecule has 0 bridgehead atoms. The average Bonchev–Trinajstić information content (AvgIpc) is 3.41. The Morgan fingerprint density at radius 1 is 1.38 bits per heavy atom. The van der Waals surface area contributed by atoms with Crippen LogP contribution in [-0.4, -0.2) is 46.3 Å². The van der Waals surface area contributed by atoms with E-state index in [0.29, 0.717) is 18.1 Å². The third-order valence-corrected chi connectivity index (χ3v) is 5.64. The topological polar surface area (TPSA) is 43.2 Å². The van der Waals surface area contributed by atoms with Crippen molar-refractivity contribution in [3.63, 3.8) is 0 Å². The van der Waals surface area contributed by atoms with Crippen molar-refractivity contribution in [1.82, 2.24) is 14.9 Å². The zero-order chi connectivity index (χ0) is 20.9. The van der Waals surface area contributed by atoms with Crippen LogP contribution >= 0.6 is 11.8 Å². The maximum atomic E-state index is 12.3. The van der Waals surface area contributed by atoms with Gasteiger partial charge in [0.15, 0.2) is 5.82 Å². The SMILES string of the molecule is C=C(CCSCCC(F)(F)F)N(CC1CC1)c1cc(-c2cccnc2)nn1OC. The van der Waals surface area contributed by atoms with E-state index in [9.17, 15) is 13.2 Å². The highest BCUT2D eigenvalue weighted by Gasteiger charge is 2.29. The summed E-state index contributed by atoms with van der Waals surface area (Å²) in [6.07, 6.45) is 1.52. The zero-order valence-corrected chi connectivity index (χ0v) is 17.2. The largest absolute Gasteiger partial charge is 0.398 e. The van der Waals surface area contributed by atoms with Gasteiger partial charge in [0.1, 0.15) is 7.11 Å². The van der Waals surface area contributed by atoms with Crippen molar-refractivity contribution in [2.24, 2.45) is 5.92 Å². The van der Waals surface area contributed by atoms with Gasteiger partial charge in [-0.05, 0) is 43.1 Å². The molecule has 0 atom stereocenters. The van der Waals surface area contributed by atoms with Crippen LogP contribution in [0.2, 0.25) is 0 Å². The Kier molecular flexibility index (Phi) is 7.10. The number of allylic oxidation sites excluding steroid dienone is 1. The maximum Gasteiger partial charge on any atom is 0.389 e. The number of rotatable bonds is 11. The number of anilines is 1. The molecule has 9 heteroatoms. The van der Waals surface area contributed by atoms with E-state index in [1.165, 1.54) is 29.4 Å². The molecule has 2 heterocycles. The predicted octanol–water partition coefficient (Wildman–Crippen LogP) is 4.81. The summed E-state index contributed by atoms with van der Waals surface area (Å²) in [4.78, 5) is 13.1. The highest BCUT2D eigenvalue weighted by atomic mass is 32.2. The summed E-state index contributed by atoms with van der Waals surface area (Å²) < 4.78 is 36.9. The fourth-order valence-corrected chi connectivity index (χ4v) is 3.84. The molecule has 2 aromatic rings. The highest BCUT2D eigenvalue weighted by molar-refractivity contribution is 7.99. The lowest BCUT2D eigenvalue weighted by molar-refractivity contribution is -0.129. The highest BCUT2D eigenvalue weighted by Crippen LogP contribution is 2.35. The first-order chi connectivity index (χ1) is 13.9. The Labute approximate surface area is 172 Å². The number of pyridine rings is 1. The van der Waals surface area contributed by atoms with Crippen LogP contribution in [0, 0.1) is 5.92 Å². The van der Waals surface area contributed by atoms with E-state index in [0.717, 1.165) is 29.3 Å². The van der Waals surface area contributed by atoms with E-state index >= 15 is 0 Å². The number of thioether (sulfide) groups is 1. The third kappa shape index (κ3) is 6.42. The average molecular weight is 427 g/mol. The van der Waals surface area contributed by atoms with Crippen molar-refractivity contribution in [3.8, 4) is 11.3 Å². The number of aromatic nitrogens is 3. The predicted molar refractivity (Wildman–Crippen MR) is 110 cm³/mol. The van der Waals surface area contributed by atoms with Crippen LogP contribution in [0.4, 0.5) is 19.0 Å². The van der Waals surface area contributed by atoms with Crippen molar-refractivity contribution in [3.05, 3.63) is 42.9 Å². The first-order valence-electron chi connectivity index (χ1n) is 9.52. The molecule has 2 aromatic heterocycles. The van der Waals surface area contributed by atoms with Crippen LogP contribution in [-0.2, 0) is 0 Å². The molecule has 29 heavy (non-hydrogen) atoms. The van der Waals surface area contributed by atoms with Crippen molar-refractivity contribution in [2.75, 3.05) is 30.1 Å². The number of hydrogen-bond acceptors (Lipinski definition) is 5.